The number of alkyl halides is 1. The van der Waals surface area contributed by atoms with Crippen molar-refractivity contribution in [3.8, 4) is 5.75 Å². The number of nitrogens with one attached hydrogen (secondary N) is 1. The van der Waals surface area contributed by atoms with Crippen LogP contribution in [0.3, 0.4) is 0 Å². The lowest BCUT2D eigenvalue weighted by molar-refractivity contribution is -0.148. The highest BCUT2D eigenvalue weighted by molar-refractivity contribution is 7.52. The number of rotatable bonds is 10. The Bertz CT molecular complexity index is 1430. The zero-order chi connectivity index (χ0) is 29.3. The molecule has 0 bridgehead atoms. The van der Waals surface area contributed by atoms with E-state index >= 15 is 4.39 Å². The molecule has 2 unspecified atom stereocenters. The zero-order valence-corrected chi connectivity index (χ0v) is 23.7. The van der Waals surface area contributed by atoms with Gasteiger partial charge in [-0.3, -0.25) is 9.32 Å². The predicted molar refractivity (Wildman–Crippen MR) is 146 cm³/mol. The highest BCUT2D eigenvalue weighted by Gasteiger charge is 2.53. The van der Waals surface area contributed by atoms with Crippen molar-refractivity contribution in [3.05, 3.63) is 55.1 Å². The molecule has 1 saturated carbocycles. The van der Waals surface area contributed by atoms with Crippen molar-refractivity contribution in [2.24, 2.45) is 5.41 Å². The molecule has 3 aromatic rings. The van der Waals surface area contributed by atoms with E-state index in [4.69, 9.17) is 19.5 Å². The molecule has 0 spiro atoms. The van der Waals surface area contributed by atoms with Gasteiger partial charge in [-0.15, -0.1) is 0 Å². The molecule has 2 aromatic heterocycles. The van der Waals surface area contributed by atoms with Gasteiger partial charge in [0.05, 0.1) is 31.7 Å². The number of anilines is 1. The molecule has 1 aromatic carbocycles. The minimum atomic E-state index is -4.39. The first-order valence-electron chi connectivity index (χ1n) is 12.7. The first-order chi connectivity index (χ1) is 18.7. The van der Waals surface area contributed by atoms with Crippen LogP contribution in [0.2, 0.25) is 0 Å². The molecule has 216 valence electrons. The minimum absolute atomic E-state index is 0.0413. The second-order valence-corrected chi connectivity index (χ2v) is 12.6. The number of benzene rings is 1. The number of para-hydroxylation sites is 1. The number of nitrogens with two attached hydrogens (primary N) is 1. The third-order valence-electron chi connectivity index (χ3n) is 6.40. The van der Waals surface area contributed by atoms with Crippen LogP contribution in [0.1, 0.15) is 40.2 Å². The molecule has 1 aliphatic carbocycles. The van der Waals surface area contributed by atoms with Crippen LogP contribution < -0.4 is 15.3 Å². The third-order valence-corrected chi connectivity index (χ3v) is 8.02. The maximum Gasteiger partial charge on any atom is 0.459 e. The quantitative estimate of drug-likeness (QED) is 0.183. The first kappa shape index (κ1) is 29.6. The number of ether oxygens (including phenoxy) is 1. The fourth-order valence-electron chi connectivity index (χ4n) is 4.19. The van der Waals surface area contributed by atoms with Gasteiger partial charge < -0.3 is 24.7 Å². The number of esters is 1. The highest BCUT2D eigenvalue weighted by Crippen LogP contribution is 2.51. The molecule has 4 N–H and O–H groups in total. The summed E-state index contributed by atoms with van der Waals surface area (Å²) in [6, 6.07) is 6.21. The maximum absolute atomic E-state index is 16.4. The monoisotopic (exact) mass is 576 g/mol. The standard InChI is InChI=1S/C26H34FN6O6P/c1-16-19(33-15-31-21-22(28)29-14-30-23(21)33)11-20(34)26(16,27)13-38-40(36,39-18-9-7-6-8-10-18)32-17(2)24(35)37-12-25(3,4)5/h6-10,14-15,17,19-20,34H,1,11-13H2,2-5H3,(H,32,36)(H2,28,29,30)/t17?,19-,20-,26+,40?/m0/s1. The van der Waals surface area contributed by atoms with Gasteiger partial charge in [-0.05, 0) is 30.0 Å². The van der Waals surface area contributed by atoms with Gasteiger partial charge >= 0.3 is 13.7 Å². The minimum Gasteiger partial charge on any atom is -0.464 e. The second kappa shape index (κ2) is 11.2. The molecule has 1 fully saturated rings. The number of aromatic nitrogens is 4. The van der Waals surface area contributed by atoms with Gasteiger partial charge in [0.2, 0.25) is 0 Å². The van der Waals surface area contributed by atoms with Gasteiger partial charge in [-0.1, -0.05) is 45.5 Å². The lowest BCUT2D eigenvalue weighted by atomic mass is 9.99. The zero-order valence-electron chi connectivity index (χ0n) is 22.8. The van der Waals surface area contributed by atoms with Crippen molar-refractivity contribution in [2.75, 3.05) is 18.9 Å². The van der Waals surface area contributed by atoms with E-state index in [1.54, 1.807) is 22.8 Å². The van der Waals surface area contributed by atoms with Gasteiger partial charge in [0.25, 0.3) is 0 Å². The number of nitrogens with zero attached hydrogens (tertiary/aromatic N) is 4. The Labute approximate surface area is 231 Å². The largest absolute Gasteiger partial charge is 0.464 e. The van der Waals surface area contributed by atoms with E-state index in [1.165, 1.54) is 31.7 Å². The Morgan fingerprint density at radius 1 is 1.32 bits per heavy atom. The number of hydrogen-bond acceptors (Lipinski definition) is 10. The van der Waals surface area contributed by atoms with Crippen molar-refractivity contribution >= 4 is 30.7 Å². The van der Waals surface area contributed by atoms with Gasteiger partial charge in [0.15, 0.2) is 17.1 Å². The Kier molecular flexibility index (Phi) is 8.32. The van der Waals surface area contributed by atoms with Crippen LogP contribution in [0.5, 0.6) is 5.75 Å². The number of carbonyl (C=O) groups excluding carboxylic acids is 1. The van der Waals surface area contributed by atoms with Crippen LogP contribution in [-0.4, -0.2) is 61.6 Å². The summed E-state index contributed by atoms with van der Waals surface area (Å²) in [7, 11) is -4.39. The van der Waals surface area contributed by atoms with Crippen LogP contribution in [-0.2, 0) is 18.6 Å². The van der Waals surface area contributed by atoms with Crippen molar-refractivity contribution in [1.29, 1.82) is 0 Å². The SMILES string of the molecule is C=C1[C@@H](n2cnc3c(N)ncnc32)C[C@H](O)[C@@]1(F)COP(=O)(NC(C)C(=O)OCC(C)(C)C)Oc1ccccc1. The molecular weight excluding hydrogens is 542 g/mol. The van der Waals surface area contributed by atoms with Crippen LogP contribution in [0.25, 0.3) is 11.2 Å². The van der Waals surface area contributed by atoms with E-state index in [2.05, 4.69) is 26.6 Å². The van der Waals surface area contributed by atoms with E-state index in [-0.39, 0.29) is 35.6 Å². The molecule has 2 heterocycles. The number of aliphatic hydroxyl groups excluding tert-OH is 1. The Balaban J connectivity index is 1.54. The molecule has 0 amide bonds. The average molecular weight is 577 g/mol. The summed E-state index contributed by atoms with van der Waals surface area (Å²) < 4.78 is 48.2. The molecule has 12 nitrogen and oxygen atoms in total. The van der Waals surface area contributed by atoms with Gasteiger partial charge in [-0.2, -0.15) is 5.09 Å². The van der Waals surface area contributed by atoms with E-state index in [0.29, 0.717) is 11.2 Å². The summed E-state index contributed by atoms with van der Waals surface area (Å²) in [6.45, 7) is 10.2. The topological polar surface area (TPSA) is 164 Å². The second-order valence-electron chi connectivity index (χ2n) is 10.9. The molecule has 1 aliphatic rings. The number of halogens is 1. The molecular formula is C26H34FN6O6P. The summed E-state index contributed by atoms with van der Waals surface area (Å²) in [5.41, 5.74) is 3.69. The maximum atomic E-state index is 16.4. The molecule has 0 saturated heterocycles. The molecule has 40 heavy (non-hydrogen) atoms. The van der Waals surface area contributed by atoms with Crippen LogP contribution in [0.4, 0.5) is 10.2 Å². The lowest BCUT2D eigenvalue weighted by Gasteiger charge is -2.29. The van der Waals surface area contributed by atoms with Crippen LogP contribution in [0.15, 0.2) is 55.1 Å². The summed E-state index contributed by atoms with van der Waals surface area (Å²) in [5.74, 6) is -0.376. The smallest absolute Gasteiger partial charge is 0.459 e. The number of nitrogen functional groups attached to an aromatic ring is 1. The number of hydrogen-bond donors (Lipinski definition) is 3. The average Bonchev–Trinajstić information content (AvgIpc) is 3.42. The summed E-state index contributed by atoms with van der Waals surface area (Å²) in [5, 5.41) is 13.3. The molecule has 0 aliphatic heterocycles. The Morgan fingerprint density at radius 3 is 2.70 bits per heavy atom. The third kappa shape index (κ3) is 6.33. The Morgan fingerprint density at radius 2 is 2.02 bits per heavy atom. The molecule has 14 heteroatoms. The fraction of sp³-hybridized carbons (Fsp3) is 0.462. The first-order valence-corrected chi connectivity index (χ1v) is 14.2. The van der Waals surface area contributed by atoms with E-state index in [0.717, 1.165) is 0 Å². The molecule has 0 radical (unpaired) electrons. The van der Waals surface area contributed by atoms with Crippen molar-refractivity contribution in [3.63, 3.8) is 0 Å². The van der Waals surface area contributed by atoms with Crippen molar-refractivity contribution in [2.45, 2.75) is 58.0 Å². The number of fused-ring (bicyclic) bond motifs is 1. The number of aliphatic hydroxyl groups is 1. The highest BCUT2D eigenvalue weighted by atomic mass is 31.2. The summed E-state index contributed by atoms with van der Waals surface area (Å²) in [4.78, 5) is 24.9. The number of carbonyl (C=O) groups is 1. The lowest BCUT2D eigenvalue weighted by Crippen LogP contribution is -2.41. The van der Waals surface area contributed by atoms with Gasteiger partial charge in [0, 0.05) is 6.42 Å². The van der Waals surface area contributed by atoms with E-state index in [1.807, 2.05) is 20.8 Å². The Hall–Kier alpha value is -3.38. The molecule has 4 rings (SSSR count). The van der Waals surface area contributed by atoms with Crippen LogP contribution in [0, 0.1) is 5.41 Å². The van der Waals surface area contributed by atoms with Gasteiger partial charge in [-0.25, -0.2) is 23.9 Å². The normalized spacial score (nSPS) is 23.6. The fourth-order valence-corrected chi connectivity index (χ4v) is 5.71. The van der Waals surface area contributed by atoms with E-state index < -0.39 is 44.2 Å². The summed E-state index contributed by atoms with van der Waals surface area (Å²) in [6.07, 6.45) is 1.02. The predicted octanol–water partition coefficient (Wildman–Crippen LogP) is 3.75. The van der Waals surface area contributed by atoms with Crippen molar-refractivity contribution in [1.82, 2.24) is 24.6 Å². The van der Waals surface area contributed by atoms with Crippen molar-refractivity contribution < 1.29 is 32.6 Å². The van der Waals surface area contributed by atoms with Gasteiger partial charge in [0.1, 0.15) is 23.6 Å². The number of imidazole rings is 1. The van der Waals surface area contributed by atoms with E-state index in [9.17, 15) is 14.5 Å². The van der Waals surface area contributed by atoms with Crippen LogP contribution >= 0.6 is 7.75 Å². The summed E-state index contributed by atoms with van der Waals surface area (Å²) >= 11 is 0. The molecule has 5 atom stereocenters.